The minimum absolute atomic E-state index is 0.140. The van der Waals surface area contributed by atoms with Gasteiger partial charge in [-0.05, 0) is 0 Å². The van der Waals surface area contributed by atoms with Crippen molar-refractivity contribution < 1.29 is 41.0 Å². The largest absolute Gasteiger partial charge is 0.481 e. The zero-order chi connectivity index (χ0) is 17.1. The summed E-state index contributed by atoms with van der Waals surface area (Å²) >= 11 is 0. The Balaban J connectivity index is 2.78. The Labute approximate surface area is 124 Å². The number of carbonyl (C=O) groups excluding carboxylic acids is 1. The molecule has 1 N–H and O–H groups in total. The number of hydrogen-bond acceptors (Lipinski definition) is 5. The van der Waals surface area contributed by atoms with Crippen LogP contribution in [-0.4, -0.2) is 74.8 Å². The van der Waals surface area contributed by atoms with Crippen LogP contribution >= 0.6 is 0 Å². The lowest BCUT2D eigenvalue weighted by molar-refractivity contribution is -0.188. The molecular weight excluding hydrogens is 331 g/mol. The summed E-state index contributed by atoms with van der Waals surface area (Å²) in [6, 6.07) is 0. The summed E-state index contributed by atoms with van der Waals surface area (Å²) in [5.41, 5.74) is 0. The number of alkyl halides is 3. The number of ether oxygens (including phenoxy) is 1. The van der Waals surface area contributed by atoms with Crippen LogP contribution in [0.3, 0.4) is 0 Å². The molecule has 128 valence electrons. The summed E-state index contributed by atoms with van der Waals surface area (Å²) in [5, 5.41) is 8.82. The minimum atomic E-state index is -4.77. The molecule has 0 aromatic heterocycles. The van der Waals surface area contributed by atoms with E-state index in [0.29, 0.717) is 4.90 Å². The second-order valence-electron chi connectivity index (χ2n) is 4.98. The third-order valence-electron chi connectivity index (χ3n) is 3.35. The van der Waals surface area contributed by atoms with Gasteiger partial charge in [0.1, 0.15) is 5.75 Å². The Kier molecular flexibility index (Phi) is 5.79. The van der Waals surface area contributed by atoms with Gasteiger partial charge in [0, 0.05) is 20.2 Å². The molecule has 1 saturated heterocycles. The Morgan fingerprint density at radius 1 is 1.32 bits per heavy atom. The van der Waals surface area contributed by atoms with E-state index in [4.69, 9.17) is 5.11 Å². The molecule has 1 aliphatic heterocycles. The predicted octanol–water partition coefficient (Wildman–Crippen LogP) is -0.231. The molecule has 0 radical (unpaired) electrons. The van der Waals surface area contributed by atoms with E-state index in [1.807, 2.05) is 0 Å². The number of carboxylic acid groups (broad SMARTS) is 1. The molecule has 1 amide bonds. The highest BCUT2D eigenvalue weighted by Crippen LogP contribution is 2.37. The van der Waals surface area contributed by atoms with Crippen LogP contribution in [0.4, 0.5) is 13.2 Å². The van der Waals surface area contributed by atoms with Gasteiger partial charge >= 0.3 is 12.1 Å². The van der Waals surface area contributed by atoms with Crippen molar-refractivity contribution >= 4 is 21.7 Å². The molecule has 0 aliphatic carbocycles. The van der Waals surface area contributed by atoms with Gasteiger partial charge in [-0.1, -0.05) is 0 Å². The topological polar surface area (TPSA) is 101 Å². The van der Waals surface area contributed by atoms with Crippen LogP contribution in [0, 0.1) is 11.8 Å². The Hall–Kier alpha value is -1.36. The monoisotopic (exact) mass is 347 g/mol. The second-order valence-corrected chi connectivity index (χ2v) is 7.16. The third-order valence-corrected chi connectivity index (χ3v) is 4.83. The van der Waals surface area contributed by atoms with Crippen LogP contribution < -0.4 is 0 Å². The highest BCUT2D eigenvalue weighted by atomic mass is 32.2. The number of carbonyl (C=O) groups is 2. The summed E-state index contributed by atoms with van der Waals surface area (Å²) < 4.78 is 66.1. The molecule has 0 unspecified atom stereocenters. The van der Waals surface area contributed by atoms with E-state index in [9.17, 15) is 31.2 Å². The van der Waals surface area contributed by atoms with Crippen molar-refractivity contribution in [3.05, 3.63) is 0 Å². The number of sulfone groups is 1. The molecule has 0 bridgehead atoms. The number of nitrogens with zero attached hydrogens (tertiary/aromatic N) is 1. The summed E-state index contributed by atoms with van der Waals surface area (Å²) in [4.78, 5) is 23.3. The molecule has 1 fully saturated rings. The fraction of sp³-hybridized carbons (Fsp3) is 0.818. The van der Waals surface area contributed by atoms with Crippen molar-refractivity contribution in [3.8, 4) is 0 Å². The van der Waals surface area contributed by atoms with Gasteiger partial charge in [-0.25, -0.2) is 8.42 Å². The number of methoxy groups -OCH3 is 1. The zero-order valence-electron chi connectivity index (χ0n) is 11.7. The predicted molar refractivity (Wildman–Crippen MR) is 67.8 cm³/mol. The van der Waals surface area contributed by atoms with Gasteiger partial charge in [0.05, 0.1) is 24.2 Å². The molecule has 0 aromatic carbocycles. The number of amides is 1. The van der Waals surface area contributed by atoms with Crippen LogP contribution in [0.1, 0.15) is 0 Å². The van der Waals surface area contributed by atoms with Crippen LogP contribution in [0.25, 0.3) is 0 Å². The molecule has 1 aliphatic rings. The fourth-order valence-electron chi connectivity index (χ4n) is 2.15. The van der Waals surface area contributed by atoms with Crippen molar-refractivity contribution in [2.75, 3.05) is 38.3 Å². The summed E-state index contributed by atoms with van der Waals surface area (Å²) in [6.45, 7) is -1.64. The maximum atomic E-state index is 12.8. The average Bonchev–Trinajstić information content (AvgIpc) is 2.81. The van der Waals surface area contributed by atoms with E-state index in [2.05, 4.69) is 4.74 Å². The van der Waals surface area contributed by atoms with Crippen molar-refractivity contribution in [2.24, 2.45) is 11.8 Å². The highest BCUT2D eigenvalue weighted by Gasteiger charge is 2.53. The minimum Gasteiger partial charge on any atom is -0.481 e. The van der Waals surface area contributed by atoms with Crippen molar-refractivity contribution in [3.63, 3.8) is 0 Å². The Bertz CT molecular complexity index is 532. The smallest absolute Gasteiger partial charge is 0.394 e. The molecule has 7 nitrogen and oxygen atoms in total. The normalized spacial score (nSPS) is 22.8. The SMILES string of the molecule is COCCS(=O)(=O)CC(=O)N1C[C@@H](C(F)(F)F)[C@H](C(=O)O)C1. The molecule has 0 aromatic rings. The first kappa shape index (κ1) is 18.7. The molecular formula is C11H16F3NO6S. The molecule has 1 heterocycles. The Morgan fingerprint density at radius 2 is 1.91 bits per heavy atom. The van der Waals surface area contributed by atoms with Crippen LogP contribution in [0.5, 0.6) is 0 Å². The Morgan fingerprint density at radius 3 is 2.32 bits per heavy atom. The standard InChI is InChI=1S/C11H16F3NO6S/c1-21-2-3-22(19,20)6-9(16)15-4-7(10(17)18)8(5-15)11(12,13)14/h7-8H,2-6H2,1H3,(H,17,18)/t7-,8-/m1/s1. The summed E-state index contributed by atoms with van der Waals surface area (Å²) in [5.74, 6) is -8.09. The number of halogens is 3. The first-order valence-electron chi connectivity index (χ1n) is 6.24. The first-order chi connectivity index (χ1) is 9.98. The quantitative estimate of drug-likeness (QED) is 0.712. The number of aliphatic carboxylic acids is 1. The molecule has 2 atom stereocenters. The summed E-state index contributed by atoms with van der Waals surface area (Å²) in [6.07, 6.45) is -4.77. The highest BCUT2D eigenvalue weighted by molar-refractivity contribution is 7.92. The van der Waals surface area contributed by atoms with E-state index in [0.717, 1.165) is 0 Å². The van der Waals surface area contributed by atoms with Gasteiger partial charge in [-0.2, -0.15) is 13.2 Å². The van der Waals surface area contributed by atoms with Crippen molar-refractivity contribution in [2.45, 2.75) is 6.18 Å². The van der Waals surface area contributed by atoms with E-state index in [1.165, 1.54) is 7.11 Å². The summed E-state index contributed by atoms with van der Waals surface area (Å²) in [7, 11) is -2.55. The van der Waals surface area contributed by atoms with Gasteiger partial charge in [0.15, 0.2) is 9.84 Å². The zero-order valence-corrected chi connectivity index (χ0v) is 12.5. The van der Waals surface area contributed by atoms with E-state index in [-0.39, 0.29) is 6.61 Å². The molecule has 0 saturated carbocycles. The molecule has 22 heavy (non-hydrogen) atoms. The van der Waals surface area contributed by atoms with Gasteiger partial charge in [0.2, 0.25) is 5.91 Å². The van der Waals surface area contributed by atoms with Gasteiger partial charge in [-0.3, -0.25) is 9.59 Å². The second kappa shape index (κ2) is 6.82. The molecule has 11 heteroatoms. The van der Waals surface area contributed by atoms with Crippen LogP contribution in [-0.2, 0) is 24.2 Å². The first-order valence-corrected chi connectivity index (χ1v) is 8.06. The lowest BCUT2D eigenvalue weighted by Gasteiger charge is -2.18. The number of carboxylic acids is 1. The fourth-order valence-corrected chi connectivity index (χ4v) is 3.27. The average molecular weight is 347 g/mol. The van der Waals surface area contributed by atoms with Crippen LogP contribution in [0.15, 0.2) is 0 Å². The molecule has 1 rings (SSSR count). The molecule has 0 spiro atoms. The van der Waals surface area contributed by atoms with E-state index >= 15 is 0 Å². The number of likely N-dealkylation sites (tertiary alicyclic amines) is 1. The van der Waals surface area contributed by atoms with Crippen molar-refractivity contribution in [1.82, 2.24) is 4.90 Å². The lowest BCUT2D eigenvalue weighted by Crippen LogP contribution is -2.36. The van der Waals surface area contributed by atoms with Gasteiger partial charge in [-0.15, -0.1) is 0 Å². The van der Waals surface area contributed by atoms with Crippen molar-refractivity contribution in [1.29, 1.82) is 0 Å². The lowest BCUT2D eigenvalue weighted by atomic mass is 9.96. The maximum Gasteiger partial charge on any atom is 0.394 e. The number of hydrogen-bond donors (Lipinski definition) is 1. The third kappa shape index (κ3) is 4.83. The van der Waals surface area contributed by atoms with Crippen LogP contribution in [0.2, 0.25) is 0 Å². The van der Waals surface area contributed by atoms with E-state index < -0.39 is 64.3 Å². The van der Waals surface area contributed by atoms with Gasteiger partial charge < -0.3 is 14.7 Å². The van der Waals surface area contributed by atoms with Gasteiger partial charge in [0.25, 0.3) is 0 Å². The van der Waals surface area contributed by atoms with E-state index in [1.54, 1.807) is 0 Å². The maximum absolute atomic E-state index is 12.8. The number of rotatable bonds is 6.